The van der Waals surface area contributed by atoms with Gasteiger partial charge in [-0.2, -0.15) is 18.3 Å². The first kappa shape index (κ1) is 23.0. The number of benzene rings is 2. The second-order valence-corrected chi connectivity index (χ2v) is 9.20. The van der Waals surface area contributed by atoms with Crippen molar-refractivity contribution in [3.63, 3.8) is 0 Å². The largest absolute Gasteiger partial charge is 0.416 e. The molecule has 2 aromatic carbocycles. The molecule has 0 radical (unpaired) electrons. The van der Waals surface area contributed by atoms with E-state index in [0.29, 0.717) is 17.0 Å². The summed E-state index contributed by atoms with van der Waals surface area (Å²) in [5.74, 6) is -1.43. The Morgan fingerprint density at radius 1 is 1.12 bits per heavy atom. The van der Waals surface area contributed by atoms with E-state index in [1.165, 1.54) is 36.0 Å². The highest BCUT2D eigenvalue weighted by molar-refractivity contribution is 8.00. The molecule has 0 spiro atoms. The Labute approximate surface area is 191 Å². The van der Waals surface area contributed by atoms with E-state index in [-0.39, 0.29) is 23.2 Å². The van der Waals surface area contributed by atoms with Crippen molar-refractivity contribution < 1.29 is 22.4 Å². The molecule has 0 N–H and O–H groups in total. The van der Waals surface area contributed by atoms with Gasteiger partial charge in [0.2, 0.25) is 5.43 Å². The highest BCUT2D eigenvalue weighted by atomic mass is 32.2. The second-order valence-electron chi connectivity index (χ2n) is 7.72. The lowest BCUT2D eigenvalue weighted by Crippen LogP contribution is -2.37. The smallest absolute Gasteiger partial charge is 0.306 e. The lowest BCUT2D eigenvalue weighted by molar-refractivity contribution is -0.137. The number of para-hydroxylation sites is 1. The molecule has 172 valence electrons. The molecule has 0 fully saturated rings. The van der Waals surface area contributed by atoms with Crippen molar-refractivity contribution in [2.75, 3.05) is 11.4 Å². The van der Waals surface area contributed by atoms with Crippen LogP contribution < -0.4 is 10.3 Å². The minimum Gasteiger partial charge on any atom is -0.306 e. The molecular formula is C23H19F4N3O2S. The van der Waals surface area contributed by atoms with Gasteiger partial charge in [0.1, 0.15) is 11.5 Å². The number of anilines is 1. The number of nitrogens with zero attached hydrogens (tertiary/aromatic N) is 3. The van der Waals surface area contributed by atoms with Gasteiger partial charge in [0.05, 0.1) is 11.3 Å². The molecule has 4 rings (SSSR count). The van der Waals surface area contributed by atoms with Gasteiger partial charge in [-0.3, -0.25) is 9.59 Å². The van der Waals surface area contributed by atoms with Gasteiger partial charge >= 0.3 is 6.18 Å². The summed E-state index contributed by atoms with van der Waals surface area (Å²) in [7, 11) is 0. The van der Waals surface area contributed by atoms with Gasteiger partial charge in [-0.05, 0) is 43.7 Å². The van der Waals surface area contributed by atoms with Crippen LogP contribution in [0, 0.1) is 12.7 Å². The van der Waals surface area contributed by atoms with E-state index in [0.717, 1.165) is 27.8 Å². The monoisotopic (exact) mass is 477 g/mol. The Bertz CT molecular complexity index is 1290. The maximum absolute atomic E-state index is 14.3. The third-order valence-corrected chi connectivity index (χ3v) is 6.54. The number of amides is 1. The van der Waals surface area contributed by atoms with E-state index in [4.69, 9.17) is 0 Å². The zero-order valence-corrected chi connectivity index (χ0v) is 18.5. The van der Waals surface area contributed by atoms with Gasteiger partial charge < -0.3 is 4.90 Å². The van der Waals surface area contributed by atoms with Crippen molar-refractivity contribution in [1.29, 1.82) is 0 Å². The van der Waals surface area contributed by atoms with Crippen LogP contribution in [-0.2, 0) is 6.18 Å². The van der Waals surface area contributed by atoms with Crippen molar-refractivity contribution in [1.82, 2.24) is 9.78 Å². The van der Waals surface area contributed by atoms with Crippen LogP contribution in [0.15, 0.2) is 58.2 Å². The SMILES string of the molecule is Cc1cc(=O)c(C(=O)N2CCC(C)Sc3ccc(C(F)(F)F)cc32)nn1-c1ccccc1F. The average molecular weight is 477 g/mol. The molecule has 1 amide bonds. The van der Waals surface area contributed by atoms with E-state index in [2.05, 4.69) is 5.10 Å². The van der Waals surface area contributed by atoms with Crippen LogP contribution in [0.5, 0.6) is 0 Å². The summed E-state index contributed by atoms with van der Waals surface area (Å²) < 4.78 is 55.6. The number of hydrogen-bond donors (Lipinski definition) is 0. The summed E-state index contributed by atoms with van der Waals surface area (Å²) in [6, 6.07) is 10.1. The summed E-state index contributed by atoms with van der Waals surface area (Å²) in [5.41, 5.74) is -1.65. The quantitative estimate of drug-likeness (QED) is 0.475. The molecule has 0 bridgehead atoms. The van der Waals surface area contributed by atoms with E-state index in [1.807, 2.05) is 6.92 Å². The summed E-state index contributed by atoms with van der Waals surface area (Å²) >= 11 is 1.36. The molecule has 5 nitrogen and oxygen atoms in total. The Morgan fingerprint density at radius 2 is 1.85 bits per heavy atom. The number of carbonyl (C=O) groups excluding carboxylic acids is 1. The van der Waals surface area contributed by atoms with Gasteiger partial charge in [0.15, 0.2) is 5.69 Å². The van der Waals surface area contributed by atoms with Crippen LogP contribution in [0.3, 0.4) is 0 Å². The van der Waals surface area contributed by atoms with Crippen LogP contribution in [-0.4, -0.2) is 27.5 Å². The highest BCUT2D eigenvalue weighted by Crippen LogP contribution is 2.41. The second kappa shape index (κ2) is 8.66. The van der Waals surface area contributed by atoms with E-state index >= 15 is 0 Å². The van der Waals surface area contributed by atoms with E-state index < -0.39 is 34.6 Å². The number of carbonyl (C=O) groups is 1. The number of fused-ring (bicyclic) bond motifs is 1. The fourth-order valence-electron chi connectivity index (χ4n) is 3.61. The lowest BCUT2D eigenvalue weighted by Gasteiger charge is -2.23. The van der Waals surface area contributed by atoms with Crippen molar-refractivity contribution in [3.8, 4) is 5.69 Å². The number of aromatic nitrogens is 2. The fraction of sp³-hybridized carbons (Fsp3) is 0.261. The average Bonchev–Trinajstić information content (AvgIpc) is 2.91. The molecule has 2 heterocycles. The number of rotatable bonds is 2. The van der Waals surface area contributed by atoms with Crippen LogP contribution in [0.2, 0.25) is 0 Å². The normalized spacial score (nSPS) is 16.3. The van der Waals surface area contributed by atoms with Gasteiger partial charge in [-0.1, -0.05) is 19.1 Å². The van der Waals surface area contributed by atoms with Crippen molar-refractivity contribution in [2.24, 2.45) is 0 Å². The number of aryl methyl sites for hydroxylation is 1. The third-order valence-electron chi connectivity index (χ3n) is 5.30. The first-order chi connectivity index (χ1) is 15.6. The Hall–Kier alpha value is -3.14. The third kappa shape index (κ3) is 4.52. The minimum absolute atomic E-state index is 0.0411. The summed E-state index contributed by atoms with van der Waals surface area (Å²) in [5, 5.41) is 4.16. The first-order valence-electron chi connectivity index (χ1n) is 10.1. The molecule has 33 heavy (non-hydrogen) atoms. The number of halogens is 4. The molecule has 1 aliphatic rings. The predicted octanol–water partition coefficient (Wildman–Crippen LogP) is 5.23. The molecule has 0 aliphatic carbocycles. The Morgan fingerprint density at radius 3 is 2.55 bits per heavy atom. The molecule has 1 aromatic heterocycles. The maximum Gasteiger partial charge on any atom is 0.416 e. The van der Waals surface area contributed by atoms with E-state index in [9.17, 15) is 27.2 Å². The van der Waals surface area contributed by atoms with Gasteiger partial charge in [0.25, 0.3) is 5.91 Å². The number of hydrogen-bond acceptors (Lipinski definition) is 4. The van der Waals surface area contributed by atoms with Crippen LogP contribution in [0.1, 0.15) is 35.1 Å². The molecule has 1 unspecified atom stereocenters. The lowest BCUT2D eigenvalue weighted by atomic mass is 10.1. The summed E-state index contributed by atoms with van der Waals surface area (Å²) in [4.78, 5) is 27.8. The van der Waals surface area contributed by atoms with Crippen LogP contribution in [0.4, 0.5) is 23.2 Å². The zero-order valence-electron chi connectivity index (χ0n) is 17.7. The summed E-state index contributed by atoms with van der Waals surface area (Å²) in [6.45, 7) is 3.57. The standard InChI is InChI=1S/C23H19F4N3O2S/c1-13-11-19(31)21(28-30(13)17-6-4-3-5-16(17)24)22(32)29-10-9-14(2)33-20-8-7-15(12-18(20)29)23(25,26)27/h3-8,11-12,14H,9-10H2,1-2H3. The fourth-order valence-corrected chi connectivity index (χ4v) is 4.71. The predicted molar refractivity (Wildman–Crippen MR) is 118 cm³/mol. The molecule has 3 aromatic rings. The maximum atomic E-state index is 14.3. The van der Waals surface area contributed by atoms with E-state index in [1.54, 1.807) is 13.0 Å². The topological polar surface area (TPSA) is 55.2 Å². The molecule has 1 aliphatic heterocycles. The van der Waals surface area contributed by atoms with Gasteiger partial charge in [0, 0.05) is 28.5 Å². The van der Waals surface area contributed by atoms with Crippen LogP contribution >= 0.6 is 11.8 Å². The van der Waals surface area contributed by atoms with Crippen molar-refractivity contribution in [3.05, 3.63) is 81.5 Å². The molecular weight excluding hydrogens is 458 g/mol. The number of thioether (sulfide) groups is 1. The molecule has 1 atom stereocenters. The highest BCUT2D eigenvalue weighted by Gasteiger charge is 2.34. The van der Waals surface area contributed by atoms with Gasteiger partial charge in [-0.15, -0.1) is 11.8 Å². The first-order valence-corrected chi connectivity index (χ1v) is 11.0. The Kier molecular flexibility index (Phi) is 6.04. The van der Waals surface area contributed by atoms with Gasteiger partial charge in [-0.25, -0.2) is 9.07 Å². The van der Waals surface area contributed by atoms with Crippen molar-refractivity contribution in [2.45, 2.75) is 36.6 Å². The van der Waals surface area contributed by atoms with Crippen molar-refractivity contribution >= 4 is 23.4 Å². The summed E-state index contributed by atoms with van der Waals surface area (Å²) in [6.07, 6.45) is -4.09. The minimum atomic E-state index is -4.59. The number of alkyl halides is 3. The molecule has 0 saturated heterocycles. The molecule has 0 saturated carbocycles. The Balaban J connectivity index is 1.84. The zero-order chi connectivity index (χ0) is 23.9. The molecule has 10 heteroatoms. The van der Waals surface area contributed by atoms with Crippen LogP contribution in [0.25, 0.3) is 5.69 Å².